The van der Waals surface area contributed by atoms with Crippen molar-refractivity contribution < 1.29 is 0 Å². The maximum absolute atomic E-state index is 3.82. The van der Waals surface area contributed by atoms with Crippen molar-refractivity contribution in [2.75, 3.05) is 19.6 Å². The molecular weight excluding hydrogens is 256 g/mol. The molecule has 2 heteroatoms. The minimum atomic E-state index is 0.288. The lowest BCUT2D eigenvalue weighted by molar-refractivity contribution is 0.0520. The predicted molar refractivity (Wildman–Crippen MR) is 94.9 cm³/mol. The van der Waals surface area contributed by atoms with Crippen LogP contribution in [0.2, 0.25) is 0 Å². The van der Waals surface area contributed by atoms with Crippen LogP contribution < -0.4 is 5.32 Å². The Balaban J connectivity index is 2.67. The zero-order valence-electron chi connectivity index (χ0n) is 15.4. The van der Waals surface area contributed by atoms with E-state index in [1.165, 1.54) is 64.5 Å². The van der Waals surface area contributed by atoms with Crippen molar-refractivity contribution in [2.24, 2.45) is 5.92 Å². The second-order valence-corrected chi connectivity index (χ2v) is 7.46. The molecule has 0 aromatic carbocycles. The van der Waals surface area contributed by atoms with Gasteiger partial charge in [-0.3, -0.25) is 4.90 Å². The van der Waals surface area contributed by atoms with Gasteiger partial charge < -0.3 is 5.32 Å². The van der Waals surface area contributed by atoms with Crippen LogP contribution in [0.15, 0.2) is 0 Å². The first-order valence-corrected chi connectivity index (χ1v) is 9.54. The number of rotatable bonds is 10. The second-order valence-electron chi connectivity index (χ2n) is 7.46. The summed E-state index contributed by atoms with van der Waals surface area (Å²) in [7, 11) is 0. The van der Waals surface area contributed by atoms with Gasteiger partial charge >= 0.3 is 0 Å². The van der Waals surface area contributed by atoms with Crippen molar-refractivity contribution in [1.82, 2.24) is 10.2 Å². The number of likely N-dealkylation sites (tertiary alicyclic amines) is 1. The number of hydrogen-bond acceptors (Lipinski definition) is 2. The summed E-state index contributed by atoms with van der Waals surface area (Å²) < 4.78 is 0. The lowest BCUT2D eigenvalue weighted by Gasteiger charge is -2.47. The van der Waals surface area contributed by atoms with Gasteiger partial charge in [0.1, 0.15) is 0 Å². The highest BCUT2D eigenvalue weighted by molar-refractivity contribution is 4.95. The molecule has 1 heterocycles. The first-order valence-electron chi connectivity index (χ1n) is 9.54. The minimum absolute atomic E-state index is 0.288. The Morgan fingerprint density at radius 3 is 2.24 bits per heavy atom. The van der Waals surface area contributed by atoms with Crippen LogP contribution in [0.5, 0.6) is 0 Å². The van der Waals surface area contributed by atoms with Crippen LogP contribution in [-0.2, 0) is 0 Å². The molecule has 0 amide bonds. The zero-order chi connectivity index (χ0) is 15.7. The second kappa shape index (κ2) is 9.84. The predicted octanol–water partition coefficient (Wildman–Crippen LogP) is 4.84. The lowest BCUT2D eigenvalue weighted by atomic mass is 9.82. The Bertz CT molecular complexity index is 256. The molecule has 1 rings (SSSR count). The molecule has 2 unspecified atom stereocenters. The first-order chi connectivity index (χ1) is 10.1. The summed E-state index contributed by atoms with van der Waals surface area (Å²) in [6, 6.07) is 0.627. The fourth-order valence-electron chi connectivity index (χ4n) is 3.87. The number of nitrogens with zero attached hydrogens (tertiary/aromatic N) is 1. The van der Waals surface area contributed by atoms with Crippen molar-refractivity contribution in [3.63, 3.8) is 0 Å². The standard InChI is InChI=1S/C19H40N2/c1-6-9-13-17(7-2)16-18(20-8-3)19(4,5)21-14-11-10-12-15-21/h17-18,20H,6-16H2,1-5H3. The van der Waals surface area contributed by atoms with Gasteiger partial charge in [0, 0.05) is 11.6 Å². The molecule has 0 aliphatic carbocycles. The van der Waals surface area contributed by atoms with E-state index in [-0.39, 0.29) is 5.54 Å². The maximum Gasteiger partial charge on any atom is 0.0306 e. The van der Waals surface area contributed by atoms with Crippen molar-refractivity contribution in [1.29, 1.82) is 0 Å². The van der Waals surface area contributed by atoms with E-state index in [4.69, 9.17) is 0 Å². The van der Waals surface area contributed by atoms with Gasteiger partial charge in [-0.2, -0.15) is 0 Å². The van der Waals surface area contributed by atoms with E-state index < -0.39 is 0 Å². The third-order valence-electron chi connectivity index (χ3n) is 5.59. The van der Waals surface area contributed by atoms with Gasteiger partial charge in [-0.1, -0.05) is 52.9 Å². The van der Waals surface area contributed by atoms with Gasteiger partial charge in [0.05, 0.1) is 0 Å². The Hall–Kier alpha value is -0.0800. The lowest BCUT2D eigenvalue weighted by Crippen LogP contribution is -2.59. The Morgan fingerprint density at radius 1 is 1.05 bits per heavy atom. The summed E-state index contributed by atoms with van der Waals surface area (Å²) >= 11 is 0. The van der Waals surface area contributed by atoms with Crippen molar-refractivity contribution in [2.45, 2.75) is 97.6 Å². The molecule has 0 spiro atoms. The van der Waals surface area contributed by atoms with Crippen LogP contribution in [0.1, 0.15) is 86.0 Å². The fraction of sp³-hybridized carbons (Fsp3) is 1.00. The van der Waals surface area contributed by atoms with E-state index in [9.17, 15) is 0 Å². The van der Waals surface area contributed by atoms with E-state index in [1.54, 1.807) is 0 Å². The first kappa shape index (κ1) is 19.0. The van der Waals surface area contributed by atoms with E-state index in [0.717, 1.165) is 12.5 Å². The topological polar surface area (TPSA) is 15.3 Å². The van der Waals surface area contributed by atoms with Crippen LogP contribution in [0.3, 0.4) is 0 Å². The smallest absolute Gasteiger partial charge is 0.0306 e. The third kappa shape index (κ3) is 5.90. The number of hydrogen-bond donors (Lipinski definition) is 1. The summed E-state index contributed by atoms with van der Waals surface area (Å²) in [6.07, 6.45) is 11.0. The third-order valence-corrected chi connectivity index (χ3v) is 5.59. The van der Waals surface area contributed by atoms with Crippen molar-refractivity contribution in [3.8, 4) is 0 Å². The van der Waals surface area contributed by atoms with Crippen molar-refractivity contribution >= 4 is 0 Å². The van der Waals surface area contributed by atoms with E-state index in [1.807, 2.05) is 0 Å². The molecule has 0 bridgehead atoms. The molecule has 1 N–H and O–H groups in total. The van der Waals surface area contributed by atoms with Gasteiger partial charge in [-0.05, 0) is 58.7 Å². The van der Waals surface area contributed by atoms with Crippen LogP contribution >= 0.6 is 0 Å². The molecule has 1 fully saturated rings. The summed E-state index contributed by atoms with van der Waals surface area (Å²) in [5, 5.41) is 3.82. The average Bonchev–Trinajstić information content (AvgIpc) is 2.51. The van der Waals surface area contributed by atoms with Crippen LogP contribution in [0.25, 0.3) is 0 Å². The van der Waals surface area contributed by atoms with Gasteiger partial charge in [-0.15, -0.1) is 0 Å². The molecular formula is C19H40N2. The highest BCUT2D eigenvalue weighted by atomic mass is 15.2. The Labute approximate surface area is 134 Å². The van der Waals surface area contributed by atoms with Crippen LogP contribution in [0.4, 0.5) is 0 Å². The average molecular weight is 297 g/mol. The molecule has 1 saturated heterocycles. The monoisotopic (exact) mass is 296 g/mol. The Morgan fingerprint density at radius 2 is 1.71 bits per heavy atom. The van der Waals surface area contributed by atoms with Gasteiger partial charge in [-0.25, -0.2) is 0 Å². The van der Waals surface area contributed by atoms with Gasteiger partial charge in [0.2, 0.25) is 0 Å². The molecule has 2 nitrogen and oxygen atoms in total. The summed E-state index contributed by atoms with van der Waals surface area (Å²) in [5.41, 5.74) is 0.288. The minimum Gasteiger partial charge on any atom is -0.312 e. The van der Waals surface area contributed by atoms with E-state index in [0.29, 0.717) is 6.04 Å². The van der Waals surface area contributed by atoms with Crippen molar-refractivity contribution in [3.05, 3.63) is 0 Å². The molecule has 21 heavy (non-hydrogen) atoms. The molecule has 0 radical (unpaired) electrons. The largest absolute Gasteiger partial charge is 0.312 e. The fourth-order valence-corrected chi connectivity index (χ4v) is 3.87. The highest BCUT2D eigenvalue weighted by Gasteiger charge is 2.36. The molecule has 126 valence electrons. The molecule has 0 aromatic rings. The summed E-state index contributed by atoms with van der Waals surface area (Å²) in [6.45, 7) is 15.6. The number of unbranched alkanes of at least 4 members (excludes halogenated alkanes) is 1. The van der Waals surface area contributed by atoms with Crippen LogP contribution in [-0.4, -0.2) is 36.1 Å². The summed E-state index contributed by atoms with van der Waals surface area (Å²) in [5.74, 6) is 0.887. The molecule has 1 aliphatic heterocycles. The number of nitrogens with one attached hydrogen (secondary N) is 1. The number of piperidine rings is 1. The Kier molecular flexibility index (Phi) is 8.89. The van der Waals surface area contributed by atoms with Crippen LogP contribution in [0, 0.1) is 5.92 Å². The molecule has 1 aliphatic rings. The summed E-state index contributed by atoms with van der Waals surface area (Å²) in [4.78, 5) is 2.75. The molecule has 2 atom stereocenters. The van der Waals surface area contributed by atoms with Gasteiger partial charge in [0.25, 0.3) is 0 Å². The highest BCUT2D eigenvalue weighted by Crippen LogP contribution is 2.29. The van der Waals surface area contributed by atoms with Gasteiger partial charge in [0.15, 0.2) is 0 Å². The quantitative estimate of drug-likeness (QED) is 0.621. The SMILES string of the molecule is CCCCC(CC)CC(NCC)C(C)(C)N1CCCCC1. The molecule has 0 aromatic heterocycles. The van der Waals surface area contributed by atoms with E-state index in [2.05, 4.69) is 44.8 Å². The maximum atomic E-state index is 3.82. The normalized spacial score (nSPS) is 20.4. The molecule has 0 saturated carbocycles. The zero-order valence-corrected chi connectivity index (χ0v) is 15.4. The van der Waals surface area contributed by atoms with E-state index >= 15 is 0 Å². The number of likely N-dealkylation sites (N-methyl/N-ethyl adjacent to an activating group) is 1.